The van der Waals surface area contributed by atoms with Crippen LogP contribution in [0.4, 0.5) is 36.4 Å². The Kier molecular flexibility index (Phi) is 5.50. The van der Waals surface area contributed by atoms with E-state index in [9.17, 15) is 26.3 Å². The van der Waals surface area contributed by atoms with E-state index in [1.165, 1.54) is 24.3 Å². The van der Waals surface area contributed by atoms with Gasteiger partial charge < -0.3 is 9.64 Å². The minimum atomic E-state index is -6.19. The van der Waals surface area contributed by atoms with E-state index >= 15 is 4.39 Å². The van der Waals surface area contributed by atoms with Crippen LogP contribution in [0.3, 0.4) is 0 Å². The van der Waals surface area contributed by atoms with Crippen LogP contribution in [0.1, 0.15) is 17.0 Å². The number of hydrogen-bond donors (Lipinski definition) is 0. The van der Waals surface area contributed by atoms with Gasteiger partial charge in [0.25, 0.3) is 0 Å². The van der Waals surface area contributed by atoms with Crippen LogP contribution in [0.2, 0.25) is 0 Å². The third-order valence-electron chi connectivity index (χ3n) is 5.63. The molecule has 2 heterocycles. The Bertz CT molecular complexity index is 1170. The van der Waals surface area contributed by atoms with Crippen molar-refractivity contribution >= 4 is 16.6 Å². The number of hydrogen-bond acceptors (Lipinski definition) is 3. The molecule has 0 bridgehead atoms. The van der Waals surface area contributed by atoms with E-state index in [0.717, 1.165) is 12.3 Å². The summed E-state index contributed by atoms with van der Waals surface area (Å²) in [6.45, 7) is 0.104. The largest absolute Gasteiger partial charge is 0.497 e. The van der Waals surface area contributed by atoms with E-state index < -0.39 is 29.5 Å². The van der Waals surface area contributed by atoms with Gasteiger partial charge in [-0.1, -0.05) is 36.4 Å². The molecule has 1 aliphatic rings. The molecule has 1 unspecified atom stereocenters. The maximum atomic E-state index is 15.1. The van der Waals surface area contributed by atoms with Gasteiger partial charge in [-0.2, -0.15) is 26.3 Å². The molecule has 0 spiro atoms. The number of nitrogens with zero attached hydrogens (tertiary/aromatic N) is 2. The molecule has 0 radical (unpaired) electrons. The van der Waals surface area contributed by atoms with Crippen LogP contribution >= 0.6 is 0 Å². The van der Waals surface area contributed by atoms with Gasteiger partial charge >= 0.3 is 18.0 Å². The van der Waals surface area contributed by atoms with Gasteiger partial charge in [0.15, 0.2) is 0 Å². The number of halogens is 7. The highest BCUT2D eigenvalue weighted by molar-refractivity contribution is 5.94. The van der Waals surface area contributed by atoms with Crippen LogP contribution < -0.4 is 9.64 Å². The van der Waals surface area contributed by atoms with Gasteiger partial charge in [0, 0.05) is 24.3 Å². The van der Waals surface area contributed by atoms with Crippen molar-refractivity contribution in [1.29, 1.82) is 0 Å². The second-order valence-corrected chi connectivity index (χ2v) is 7.58. The molecule has 1 aromatic heterocycles. The zero-order valence-corrected chi connectivity index (χ0v) is 17.1. The van der Waals surface area contributed by atoms with Crippen molar-refractivity contribution in [2.24, 2.45) is 0 Å². The molecule has 0 fully saturated rings. The Morgan fingerprint density at radius 2 is 1.58 bits per heavy atom. The highest BCUT2D eigenvalue weighted by atomic mass is 19.4. The third kappa shape index (κ3) is 3.77. The lowest BCUT2D eigenvalue weighted by Gasteiger charge is -2.40. The van der Waals surface area contributed by atoms with E-state index in [1.54, 1.807) is 36.4 Å². The van der Waals surface area contributed by atoms with Crippen LogP contribution in [-0.2, 0) is 6.54 Å². The Morgan fingerprint density at radius 3 is 2.18 bits per heavy atom. The highest BCUT2D eigenvalue weighted by Gasteiger charge is 2.76. The lowest BCUT2D eigenvalue weighted by molar-refractivity contribution is -0.345. The normalized spacial score (nSPS) is 16.7. The molecule has 0 amide bonds. The van der Waals surface area contributed by atoms with Crippen molar-refractivity contribution < 1.29 is 35.5 Å². The first-order chi connectivity index (χ1) is 15.5. The molecule has 4 rings (SSSR count). The lowest BCUT2D eigenvalue weighted by Crippen LogP contribution is -2.57. The second-order valence-electron chi connectivity index (χ2n) is 7.58. The molecule has 174 valence electrons. The first-order valence-electron chi connectivity index (χ1n) is 9.75. The molecule has 3 nitrogen and oxygen atoms in total. The molecule has 0 saturated heterocycles. The van der Waals surface area contributed by atoms with Gasteiger partial charge in [-0.05, 0) is 29.3 Å². The Hall–Kier alpha value is -3.30. The number of aromatic nitrogens is 1. The number of benzene rings is 2. The molecule has 0 N–H and O–H groups in total. The minimum absolute atomic E-state index is 0.00746. The van der Waals surface area contributed by atoms with Crippen LogP contribution in [0.25, 0.3) is 10.9 Å². The summed E-state index contributed by atoms with van der Waals surface area (Å²) in [5, 5.41) is 0.494. The van der Waals surface area contributed by atoms with Crippen LogP contribution in [0.5, 0.6) is 5.75 Å². The fraction of sp³-hybridized carbons (Fsp3) is 0.261. The molecule has 1 atom stereocenters. The van der Waals surface area contributed by atoms with Gasteiger partial charge in [0.2, 0.25) is 0 Å². The number of alkyl halides is 7. The van der Waals surface area contributed by atoms with Gasteiger partial charge in [-0.25, -0.2) is 4.39 Å². The van der Waals surface area contributed by atoms with Crippen LogP contribution in [-0.4, -0.2) is 30.1 Å². The average molecular weight is 470 g/mol. The van der Waals surface area contributed by atoms with Crippen LogP contribution in [0, 0.1) is 0 Å². The molecule has 1 aliphatic heterocycles. The molecular formula is C23H17F7N2O. The number of anilines is 1. The Morgan fingerprint density at radius 1 is 0.909 bits per heavy atom. The Balaban J connectivity index is 1.89. The summed E-state index contributed by atoms with van der Waals surface area (Å²) in [7, 11) is 1.49. The highest BCUT2D eigenvalue weighted by Crippen LogP contribution is 2.57. The predicted molar refractivity (Wildman–Crippen MR) is 109 cm³/mol. The quantitative estimate of drug-likeness (QED) is 0.397. The molecule has 0 aliphatic carbocycles. The topological polar surface area (TPSA) is 25.4 Å². The number of allylic oxidation sites excluding steroid dienone is 1. The monoisotopic (exact) mass is 470 g/mol. The number of rotatable bonds is 4. The molecule has 33 heavy (non-hydrogen) atoms. The van der Waals surface area contributed by atoms with Crippen molar-refractivity contribution in [3.05, 3.63) is 78.1 Å². The fourth-order valence-electron chi connectivity index (χ4n) is 3.99. The van der Waals surface area contributed by atoms with Crippen LogP contribution in [0.15, 0.2) is 67.0 Å². The molecule has 10 heteroatoms. The summed E-state index contributed by atoms with van der Waals surface area (Å²) in [6.07, 6.45) is -9.33. The number of fused-ring (bicyclic) bond motifs is 3. The second kappa shape index (κ2) is 7.93. The smallest absolute Gasteiger partial charge is 0.432 e. The molecular weight excluding hydrogens is 453 g/mol. The van der Waals surface area contributed by atoms with Crippen molar-refractivity contribution in [1.82, 2.24) is 4.98 Å². The van der Waals surface area contributed by atoms with Crippen molar-refractivity contribution in [3.8, 4) is 5.75 Å². The average Bonchev–Trinajstić information content (AvgIpc) is 2.77. The fourth-order valence-corrected chi connectivity index (χ4v) is 3.99. The zero-order valence-electron chi connectivity index (χ0n) is 17.1. The summed E-state index contributed by atoms with van der Waals surface area (Å²) in [4.78, 5) is 5.64. The third-order valence-corrected chi connectivity index (χ3v) is 5.63. The van der Waals surface area contributed by atoms with E-state index in [0.29, 0.717) is 22.8 Å². The summed E-state index contributed by atoms with van der Waals surface area (Å²) >= 11 is 0. The molecule has 2 aromatic carbocycles. The van der Waals surface area contributed by atoms with E-state index in [2.05, 4.69) is 4.98 Å². The van der Waals surface area contributed by atoms with Gasteiger partial charge in [-0.3, -0.25) is 4.98 Å². The molecule has 3 aromatic rings. The zero-order chi connectivity index (χ0) is 24.0. The molecule has 0 saturated carbocycles. The number of ether oxygens (including phenoxy) is 1. The Labute approximate surface area is 184 Å². The first kappa shape index (κ1) is 22.9. The lowest BCUT2D eigenvalue weighted by atomic mass is 9.79. The SMILES string of the molecule is COc1ccc(CN2C=CC(C(F)(C(F)(F)F)C(F)(F)F)c3ccc4cccnc4c32)cc1. The number of pyridine rings is 1. The maximum absolute atomic E-state index is 15.1. The predicted octanol–water partition coefficient (Wildman–Crippen LogP) is 6.69. The summed E-state index contributed by atoms with van der Waals surface area (Å²) in [5.74, 6) is -2.05. The maximum Gasteiger partial charge on any atom is 0.432 e. The van der Waals surface area contributed by atoms with Gasteiger partial charge in [-0.15, -0.1) is 0 Å². The van der Waals surface area contributed by atoms with E-state index in [-0.39, 0.29) is 17.7 Å². The van der Waals surface area contributed by atoms with Crippen molar-refractivity contribution in [2.45, 2.75) is 30.5 Å². The van der Waals surface area contributed by atoms with Crippen molar-refractivity contribution in [3.63, 3.8) is 0 Å². The van der Waals surface area contributed by atoms with Gasteiger partial charge in [0.1, 0.15) is 5.75 Å². The van der Waals surface area contributed by atoms with Crippen molar-refractivity contribution in [2.75, 3.05) is 12.0 Å². The summed E-state index contributed by atoms with van der Waals surface area (Å²) < 4.78 is 101. The summed E-state index contributed by atoms with van der Waals surface area (Å²) in [6, 6.07) is 12.4. The van der Waals surface area contributed by atoms with E-state index in [1.807, 2.05) is 0 Å². The summed E-state index contributed by atoms with van der Waals surface area (Å²) in [5.41, 5.74) is -5.05. The first-order valence-corrected chi connectivity index (χ1v) is 9.75. The number of methoxy groups -OCH3 is 1. The minimum Gasteiger partial charge on any atom is -0.497 e. The van der Waals surface area contributed by atoms with E-state index in [4.69, 9.17) is 4.74 Å². The standard InChI is InChI=1S/C23H17F7N2O/c1-33-16-7-4-14(5-8-16)13-32-12-10-18(21(24,22(25,26)27)23(28,29)30)17-9-6-15-3-2-11-31-19(15)20(17)32/h2-12,18H,13H2,1H3. The van der Waals surface area contributed by atoms with Gasteiger partial charge in [0.05, 0.1) is 24.2 Å².